The molecule has 0 radical (unpaired) electrons. The topological polar surface area (TPSA) is 67.8 Å². The van der Waals surface area contributed by atoms with Crippen LogP contribution in [0, 0.1) is 0 Å². The Labute approximate surface area is 125 Å². The molecule has 5 nitrogen and oxygen atoms in total. The average Bonchev–Trinajstić information content (AvgIpc) is 2.49. The van der Waals surface area contributed by atoms with Gasteiger partial charge in [0.25, 0.3) is 0 Å². The van der Waals surface area contributed by atoms with E-state index in [4.69, 9.17) is 4.74 Å². The zero-order chi connectivity index (χ0) is 15.7. The molecule has 1 aromatic rings. The zero-order valence-corrected chi connectivity index (χ0v) is 12.7. The minimum Gasteiger partial charge on any atom is -0.490 e. The quantitative estimate of drug-likeness (QED) is 0.563. The number of methoxy groups -OCH3 is 1. The molecule has 21 heavy (non-hydrogen) atoms. The van der Waals surface area contributed by atoms with Crippen LogP contribution >= 0.6 is 0 Å². The lowest BCUT2D eigenvalue weighted by Crippen LogP contribution is -2.35. The number of hydrogen-bond acceptors (Lipinski definition) is 5. The van der Waals surface area contributed by atoms with E-state index in [9.17, 15) is 9.90 Å². The summed E-state index contributed by atoms with van der Waals surface area (Å²) in [5, 5.41) is 13.0. The molecule has 2 N–H and O–H groups in total. The van der Waals surface area contributed by atoms with Crippen molar-refractivity contribution in [3.63, 3.8) is 0 Å². The Morgan fingerprint density at radius 2 is 2.10 bits per heavy atom. The van der Waals surface area contributed by atoms with Gasteiger partial charge in [-0.3, -0.25) is 0 Å². The van der Waals surface area contributed by atoms with Gasteiger partial charge in [-0.2, -0.15) is 0 Å². The standard InChI is InChI=1S/C16H23NO4/c1-12(2)17-10-14(18)11-21-15-7-5-4-6-13(15)8-9-16(19)20-3/h4-9,12,14,17-18H,10-11H2,1-3H3/b9-8+. The maximum Gasteiger partial charge on any atom is 0.330 e. The lowest BCUT2D eigenvalue weighted by Gasteiger charge is -2.16. The van der Waals surface area contributed by atoms with Crippen molar-refractivity contribution in [2.24, 2.45) is 0 Å². The molecule has 0 aromatic heterocycles. The van der Waals surface area contributed by atoms with Crippen molar-refractivity contribution < 1.29 is 19.4 Å². The molecule has 5 heteroatoms. The van der Waals surface area contributed by atoms with Gasteiger partial charge >= 0.3 is 5.97 Å². The van der Waals surface area contributed by atoms with E-state index >= 15 is 0 Å². The van der Waals surface area contributed by atoms with Crippen LogP contribution in [-0.2, 0) is 9.53 Å². The van der Waals surface area contributed by atoms with E-state index < -0.39 is 12.1 Å². The fraction of sp³-hybridized carbons (Fsp3) is 0.438. The summed E-state index contributed by atoms with van der Waals surface area (Å²) in [5.74, 6) is 0.187. The van der Waals surface area contributed by atoms with E-state index in [2.05, 4.69) is 10.1 Å². The van der Waals surface area contributed by atoms with Crippen molar-refractivity contribution in [2.45, 2.75) is 26.0 Å². The number of hydrogen-bond donors (Lipinski definition) is 2. The molecule has 0 aliphatic heterocycles. The van der Waals surface area contributed by atoms with E-state index in [-0.39, 0.29) is 6.61 Å². The van der Waals surface area contributed by atoms with Crippen LogP contribution in [0.3, 0.4) is 0 Å². The number of rotatable bonds is 8. The van der Waals surface area contributed by atoms with Crippen molar-refractivity contribution in [3.8, 4) is 5.75 Å². The highest BCUT2D eigenvalue weighted by molar-refractivity contribution is 5.87. The van der Waals surface area contributed by atoms with Crippen molar-refractivity contribution in [1.82, 2.24) is 5.32 Å². The fourth-order valence-corrected chi connectivity index (χ4v) is 1.59. The van der Waals surface area contributed by atoms with Gasteiger partial charge in [0, 0.05) is 24.2 Å². The molecule has 1 unspecified atom stereocenters. The molecule has 0 saturated carbocycles. The number of carbonyl (C=O) groups is 1. The maximum absolute atomic E-state index is 11.1. The Morgan fingerprint density at radius 3 is 2.76 bits per heavy atom. The number of aliphatic hydroxyl groups excluding tert-OH is 1. The predicted octanol–water partition coefficient (Wildman–Crippen LogP) is 1.61. The number of aliphatic hydroxyl groups is 1. The van der Waals surface area contributed by atoms with Crippen LogP contribution in [0.15, 0.2) is 30.3 Å². The minimum absolute atomic E-state index is 0.183. The van der Waals surface area contributed by atoms with E-state index in [0.29, 0.717) is 18.3 Å². The number of carbonyl (C=O) groups excluding carboxylic acids is 1. The molecule has 0 amide bonds. The molecule has 0 spiro atoms. The van der Waals surface area contributed by atoms with Crippen LogP contribution < -0.4 is 10.1 Å². The average molecular weight is 293 g/mol. The summed E-state index contributed by atoms with van der Waals surface area (Å²) in [6, 6.07) is 7.62. The first kappa shape index (κ1) is 17.2. The zero-order valence-electron chi connectivity index (χ0n) is 12.7. The molecular formula is C16H23NO4. The summed E-state index contributed by atoms with van der Waals surface area (Å²) in [4.78, 5) is 11.1. The summed E-state index contributed by atoms with van der Waals surface area (Å²) < 4.78 is 10.2. The van der Waals surface area contributed by atoms with E-state index in [1.165, 1.54) is 13.2 Å². The second-order valence-corrected chi connectivity index (χ2v) is 4.92. The monoisotopic (exact) mass is 293 g/mol. The fourth-order valence-electron chi connectivity index (χ4n) is 1.59. The summed E-state index contributed by atoms with van der Waals surface area (Å²) in [5.41, 5.74) is 0.756. The van der Waals surface area contributed by atoms with Crippen LogP contribution in [0.25, 0.3) is 6.08 Å². The summed E-state index contributed by atoms with van der Waals surface area (Å²) in [6.07, 6.45) is 2.36. The van der Waals surface area contributed by atoms with Gasteiger partial charge in [0.05, 0.1) is 7.11 Å². The van der Waals surface area contributed by atoms with E-state index in [1.54, 1.807) is 12.1 Å². The Hall–Kier alpha value is -1.85. The number of ether oxygens (including phenoxy) is 2. The minimum atomic E-state index is -0.593. The maximum atomic E-state index is 11.1. The molecule has 116 valence electrons. The number of nitrogens with one attached hydrogen (secondary N) is 1. The van der Waals surface area contributed by atoms with Crippen LogP contribution in [0.4, 0.5) is 0 Å². The largest absolute Gasteiger partial charge is 0.490 e. The van der Waals surface area contributed by atoms with Crippen molar-refractivity contribution in [3.05, 3.63) is 35.9 Å². The van der Waals surface area contributed by atoms with Crippen LogP contribution in [0.1, 0.15) is 19.4 Å². The van der Waals surface area contributed by atoms with Crippen LogP contribution in [0.2, 0.25) is 0 Å². The highest BCUT2D eigenvalue weighted by Crippen LogP contribution is 2.19. The summed E-state index contributed by atoms with van der Waals surface area (Å²) >= 11 is 0. The Balaban J connectivity index is 2.58. The first-order chi connectivity index (χ1) is 10.0. The lowest BCUT2D eigenvalue weighted by atomic mass is 10.2. The smallest absolute Gasteiger partial charge is 0.330 e. The van der Waals surface area contributed by atoms with E-state index in [0.717, 1.165) is 5.56 Å². The van der Waals surface area contributed by atoms with Crippen molar-refractivity contribution in [2.75, 3.05) is 20.3 Å². The van der Waals surface area contributed by atoms with Gasteiger partial charge in [-0.05, 0) is 12.1 Å². The summed E-state index contributed by atoms with van der Waals surface area (Å²) in [7, 11) is 1.33. The highest BCUT2D eigenvalue weighted by atomic mass is 16.5. The predicted molar refractivity (Wildman–Crippen MR) is 82.1 cm³/mol. The molecule has 0 bridgehead atoms. The third-order valence-corrected chi connectivity index (χ3v) is 2.71. The SMILES string of the molecule is COC(=O)/C=C/c1ccccc1OCC(O)CNC(C)C. The molecule has 0 fully saturated rings. The first-order valence-corrected chi connectivity index (χ1v) is 6.92. The third kappa shape index (κ3) is 6.92. The van der Waals surface area contributed by atoms with Crippen molar-refractivity contribution in [1.29, 1.82) is 0 Å². The van der Waals surface area contributed by atoms with Gasteiger partial charge in [0.15, 0.2) is 0 Å². The van der Waals surface area contributed by atoms with Gasteiger partial charge in [-0.25, -0.2) is 4.79 Å². The Morgan fingerprint density at radius 1 is 1.38 bits per heavy atom. The highest BCUT2D eigenvalue weighted by Gasteiger charge is 2.07. The molecule has 1 aromatic carbocycles. The number of para-hydroxylation sites is 1. The van der Waals surface area contributed by atoms with Crippen LogP contribution in [-0.4, -0.2) is 43.5 Å². The second-order valence-electron chi connectivity index (χ2n) is 4.92. The molecule has 0 aliphatic rings. The van der Waals surface area contributed by atoms with Gasteiger partial charge in [0.2, 0.25) is 0 Å². The first-order valence-electron chi connectivity index (χ1n) is 6.92. The normalized spacial score (nSPS) is 12.6. The summed E-state index contributed by atoms with van der Waals surface area (Å²) in [6.45, 7) is 4.68. The molecule has 0 saturated heterocycles. The number of esters is 1. The van der Waals surface area contributed by atoms with E-state index in [1.807, 2.05) is 32.0 Å². The Kier molecular flexibility index (Phi) is 7.50. The van der Waals surface area contributed by atoms with Crippen molar-refractivity contribution >= 4 is 12.0 Å². The van der Waals surface area contributed by atoms with Gasteiger partial charge in [0.1, 0.15) is 18.5 Å². The van der Waals surface area contributed by atoms with Crippen LogP contribution in [0.5, 0.6) is 5.75 Å². The molecule has 0 aliphatic carbocycles. The molecule has 0 heterocycles. The van der Waals surface area contributed by atoms with Gasteiger partial charge in [-0.1, -0.05) is 32.0 Å². The van der Waals surface area contributed by atoms with Gasteiger partial charge in [-0.15, -0.1) is 0 Å². The molecular weight excluding hydrogens is 270 g/mol. The second kappa shape index (κ2) is 9.15. The number of benzene rings is 1. The molecule has 1 rings (SSSR count). The Bertz CT molecular complexity index is 471. The lowest BCUT2D eigenvalue weighted by molar-refractivity contribution is -0.134. The van der Waals surface area contributed by atoms with Gasteiger partial charge < -0.3 is 19.9 Å². The molecule has 1 atom stereocenters. The third-order valence-electron chi connectivity index (χ3n) is 2.71.